The summed E-state index contributed by atoms with van der Waals surface area (Å²) in [5, 5.41) is 7.99. The second-order valence-corrected chi connectivity index (χ2v) is 8.40. The lowest BCUT2D eigenvalue weighted by Crippen LogP contribution is -2.61. The molecule has 118 valence electrons. The monoisotopic (exact) mass is 314 g/mol. The molecule has 5 rings (SSSR count). The van der Waals surface area contributed by atoms with E-state index in [9.17, 15) is 0 Å². The molecule has 0 saturated heterocycles. The van der Waals surface area contributed by atoms with Crippen LogP contribution >= 0.6 is 12.2 Å². The number of thiocarbonyl (C=S) groups is 1. The fourth-order valence-electron chi connectivity index (χ4n) is 5.44. The lowest BCUT2D eigenvalue weighted by Gasteiger charge is -2.57. The average molecular weight is 314 g/mol. The standard InChI is InChI=1S/C19H26N2S/c1-13-2-4-14(5-3-13)12-20-18(22)21-19-9-15-6-16(10-19)8-17(7-15)11-19/h2-5,15-17H,6-12H2,1H3,(H2,20,21,22). The van der Waals surface area contributed by atoms with Gasteiger partial charge in [-0.25, -0.2) is 0 Å². The molecule has 0 aromatic heterocycles. The van der Waals surface area contributed by atoms with Crippen LogP contribution in [-0.4, -0.2) is 10.7 Å². The SMILES string of the molecule is Cc1ccc(CNC(=S)NC23CC4CC(CC(C4)C2)C3)cc1. The Kier molecular flexibility index (Phi) is 3.64. The van der Waals surface area contributed by atoms with E-state index in [1.165, 1.54) is 49.7 Å². The van der Waals surface area contributed by atoms with E-state index in [-0.39, 0.29) is 0 Å². The normalized spacial score (nSPS) is 35.4. The molecular formula is C19H26N2S. The summed E-state index contributed by atoms with van der Waals surface area (Å²) in [5.41, 5.74) is 2.91. The van der Waals surface area contributed by atoms with E-state index >= 15 is 0 Å². The average Bonchev–Trinajstić information content (AvgIpc) is 2.44. The van der Waals surface area contributed by atoms with Crippen LogP contribution in [0.2, 0.25) is 0 Å². The minimum Gasteiger partial charge on any atom is -0.359 e. The van der Waals surface area contributed by atoms with E-state index in [2.05, 4.69) is 41.8 Å². The third kappa shape index (κ3) is 2.88. The molecule has 4 bridgehead atoms. The van der Waals surface area contributed by atoms with Crippen molar-refractivity contribution in [3.63, 3.8) is 0 Å². The maximum absolute atomic E-state index is 5.59. The third-order valence-corrected chi connectivity index (χ3v) is 6.24. The van der Waals surface area contributed by atoms with Crippen molar-refractivity contribution < 1.29 is 0 Å². The van der Waals surface area contributed by atoms with Gasteiger partial charge < -0.3 is 10.6 Å². The first-order chi connectivity index (χ1) is 10.6. The molecule has 4 saturated carbocycles. The molecule has 1 aromatic rings. The molecule has 0 spiro atoms. The van der Waals surface area contributed by atoms with Gasteiger partial charge in [0, 0.05) is 12.1 Å². The first kappa shape index (κ1) is 14.5. The summed E-state index contributed by atoms with van der Waals surface area (Å²) >= 11 is 5.59. The van der Waals surface area contributed by atoms with Crippen LogP contribution in [0.1, 0.15) is 49.7 Å². The van der Waals surface area contributed by atoms with Gasteiger partial charge in [-0.15, -0.1) is 0 Å². The van der Waals surface area contributed by atoms with Crippen LogP contribution in [0.25, 0.3) is 0 Å². The summed E-state index contributed by atoms with van der Waals surface area (Å²) in [6, 6.07) is 8.67. The van der Waals surface area contributed by atoms with Gasteiger partial charge in [0.2, 0.25) is 0 Å². The highest BCUT2D eigenvalue weighted by molar-refractivity contribution is 7.80. The maximum Gasteiger partial charge on any atom is 0.166 e. The van der Waals surface area contributed by atoms with Gasteiger partial charge in [0.05, 0.1) is 0 Å². The van der Waals surface area contributed by atoms with Gasteiger partial charge in [0.25, 0.3) is 0 Å². The van der Waals surface area contributed by atoms with Gasteiger partial charge in [0.1, 0.15) is 0 Å². The predicted octanol–water partition coefficient (Wildman–Crippen LogP) is 3.93. The Morgan fingerprint density at radius 3 is 2.14 bits per heavy atom. The summed E-state index contributed by atoms with van der Waals surface area (Å²) in [6.45, 7) is 2.94. The van der Waals surface area contributed by atoms with Crippen LogP contribution in [0.3, 0.4) is 0 Å². The van der Waals surface area contributed by atoms with Crippen molar-refractivity contribution in [2.24, 2.45) is 17.8 Å². The Bertz CT molecular complexity index is 528. The topological polar surface area (TPSA) is 24.1 Å². The molecule has 0 amide bonds. The number of nitrogens with one attached hydrogen (secondary N) is 2. The molecule has 2 nitrogen and oxygen atoms in total. The van der Waals surface area contributed by atoms with Gasteiger partial charge in [-0.3, -0.25) is 0 Å². The number of rotatable bonds is 3. The smallest absolute Gasteiger partial charge is 0.166 e. The minimum absolute atomic E-state index is 0.312. The zero-order valence-corrected chi connectivity index (χ0v) is 14.2. The van der Waals surface area contributed by atoms with Crippen LogP contribution < -0.4 is 10.6 Å². The second-order valence-electron chi connectivity index (χ2n) is 7.99. The van der Waals surface area contributed by atoms with Crippen LogP contribution in [-0.2, 0) is 6.54 Å². The molecular weight excluding hydrogens is 288 g/mol. The molecule has 0 heterocycles. The molecule has 0 radical (unpaired) electrons. The number of hydrogen-bond donors (Lipinski definition) is 2. The molecule has 4 fully saturated rings. The van der Waals surface area contributed by atoms with Crippen molar-refractivity contribution in [2.45, 2.75) is 57.5 Å². The Hall–Kier alpha value is -1.09. The molecule has 3 heteroatoms. The Morgan fingerprint density at radius 2 is 1.59 bits per heavy atom. The van der Waals surface area contributed by atoms with E-state index in [0.29, 0.717) is 5.54 Å². The van der Waals surface area contributed by atoms with E-state index in [0.717, 1.165) is 29.4 Å². The van der Waals surface area contributed by atoms with E-state index in [1.807, 2.05) is 0 Å². The molecule has 0 aliphatic heterocycles. The van der Waals surface area contributed by atoms with E-state index < -0.39 is 0 Å². The van der Waals surface area contributed by atoms with Gasteiger partial charge in [-0.1, -0.05) is 29.8 Å². The van der Waals surface area contributed by atoms with Crippen LogP contribution in [0.4, 0.5) is 0 Å². The highest BCUT2D eigenvalue weighted by Crippen LogP contribution is 2.55. The number of aryl methyl sites for hydroxylation is 1. The third-order valence-electron chi connectivity index (χ3n) is 5.99. The summed E-state index contributed by atoms with van der Waals surface area (Å²) in [5.74, 6) is 2.87. The summed E-state index contributed by atoms with van der Waals surface area (Å²) in [4.78, 5) is 0. The van der Waals surface area contributed by atoms with Crippen molar-refractivity contribution in [3.05, 3.63) is 35.4 Å². The zero-order valence-electron chi connectivity index (χ0n) is 13.4. The van der Waals surface area contributed by atoms with Gasteiger partial charge in [-0.05, 0) is 81.0 Å². The largest absolute Gasteiger partial charge is 0.359 e. The van der Waals surface area contributed by atoms with Crippen molar-refractivity contribution in [1.29, 1.82) is 0 Å². The summed E-state index contributed by atoms with van der Waals surface area (Å²) < 4.78 is 0. The molecule has 22 heavy (non-hydrogen) atoms. The predicted molar refractivity (Wildman–Crippen MR) is 94.7 cm³/mol. The Balaban J connectivity index is 1.35. The maximum atomic E-state index is 5.59. The fraction of sp³-hybridized carbons (Fsp3) is 0.632. The van der Waals surface area contributed by atoms with E-state index in [1.54, 1.807) is 0 Å². The van der Waals surface area contributed by atoms with Gasteiger partial charge >= 0.3 is 0 Å². The van der Waals surface area contributed by atoms with Crippen molar-refractivity contribution >= 4 is 17.3 Å². The van der Waals surface area contributed by atoms with Crippen molar-refractivity contribution in [2.75, 3.05) is 0 Å². The first-order valence-electron chi connectivity index (χ1n) is 8.72. The van der Waals surface area contributed by atoms with Gasteiger partial charge in [0.15, 0.2) is 5.11 Å². The van der Waals surface area contributed by atoms with Crippen LogP contribution in [0.5, 0.6) is 0 Å². The van der Waals surface area contributed by atoms with Crippen molar-refractivity contribution in [1.82, 2.24) is 10.6 Å². The Morgan fingerprint density at radius 1 is 1.05 bits per heavy atom. The quantitative estimate of drug-likeness (QED) is 0.827. The second kappa shape index (κ2) is 5.52. The molecule has 2 N–H and O–H groups in total. The number of benzene rings is 1. The Labute approximate surface area is 139 Å². The lowest BCUT2D eigenvalue weighted by atomic mass is 9.53. The molecule has 0 atom stereocenters. The lowest BCUT2D eigenvalue weighted by molar-refractivity contribution is -0.0101. The zero-order chi connectivity index (χ0) is 15.2. The highest BCUT2D eigenvalue weighted by atomic mass is 32.1. The van der Waals surface area contributed by atoms with Gasteiger partial charge in [-0.2, -0.15) is 0 Å². The van der Waals surface area contributed by atoms with E-state index in [4.69, 9.17) is 12.2 Å². The summed E-state index contributed by atoms with van der Waals surface area (Å²) in [7, 11) is 0. The molecule has 4 aliphatic rings. The molecule has 1 aromatic carbocycles. The van der Waals surface area contributed by atoms with Crippen LogP contribution in [0, 0.1) is 24.7 Å². The van der Waals surface area contributed by atoms with Crippen molar-refractivity contribution in [3.8, 4) is 0 Å². The van der Waals surface area contributed by atoms with Crippen LogP contribution in [0.15, 0.2) is 24.3 Å². The molecule has 4 aliphatic carbocycles. The first-order valence-corrected chi connectivity index (χ1v) is 9.13. The number of hydrogen-bond acceptors (Lipinski definition) is 1. The highest BCUT2D eigenvalue weighted by Gasteiger charge is 2.51. The summed E-state index contributed by atoms with van der Waals surface area (Å²) in [6.07, 6.45) is 8.45. The molecule has 0 unspecified atom stereocenters. The minimum atomic E-state index is 0.312. The fourth-order valence-corrected chi connectivity index (χ4v) is 5.73.